The predicted molar refractivity (Wildman–Crippen MR) is 79.0 cm³/mol. The highest BCUT2D eigenvalue weighted by Crippen LogP contribution is 2.28. The zero-order valence-corrected chi connectivity index (χ0v) is 11.8. The molecule has 0 heterocycles. The summed E-state index contributed by atoms with van der Waals surface area (Å²) in [6.07, 6.45) is 0. The molecule has 0 aromatic heterocycles. The second-order valence-electron chi connectivity index (χ2n) is 4.80. The van der Waals surface area contributed by atoms with E-state index >= 15 is 0 Å². The van der Waals surface area contributed by atoms with E-state index < -0.39 is 5.97 Å². The van der Waals surface area contributed by atoms with Crippen molar-refractivity contribution in [2.24, 2.45) is 0 Å². The van der Waals surface area contributed by atoms with E-state index in [9.17, 15) is 9.90 Å². The van der Waals surface area contributed by atoms with Gasteiger partial charge in [-0.25, -0.2) is 4.79 Å². The lowest BCUT2D eigenvalue weighted by Gasteiger charge is -2.15. The molecule has 0 radical (unpaired) electrons. The summed E-state index contributed by atoms with van der Waals surface area (Å²) in [7, 11) is 3.88. The normalized spacial score (nSPS) is 10.2. The quantitative estimate of drug-likeness (QED) is 0.923. The maximum atomic E-state index is 11.2. The molecule has 0 saturated heterocycles. The Balaban J connectivity index is 2.36. The highest BCUT2D eigenvalue weighted by atomic mass is 16.5. The Kier molecular flexibility index (Phi) is 3.94. The monoisotopic (exact) mass is 271 g/mol. The Bertz CT molecular complexity index is 635. The minimum Gasteiger partial charge on any atom is -0.478 e. The van der Waals surface area contributed by atoms with Crippen LogP contribution in [0, 0.1) is 6.92 Å². The first-order chi connectivity index (χ1) is 9.47. The number of nitrogens with zero attached hydrogens (tertiary/aromatic N) is 1. The van der Waals surface area contributed by atoms with Crippen LogP contribution >= 0.6 is 0 Å². The van der Waals surface area contributed by atoms with Crippen LogP contribution < -0.4 is 9.64 Å². The summed E-state index contributed by atoms with van der Waals surface area (Å²) in [5.41, 5.74) is 2.10. The van der Waals surface area contributed by atoms with E-state index in [0.717, 1.165) is 11.3 Å². The number of aryl methyl sites for hydroxylation is 1. The zero-order chi connectivity index (χ0) is 14.7. The van der Waals surface area contributed by atoms with Gasteiger partial charge in [0.2, 0.25) is 0 Å². The Labute approximate surface area is 118 Å². The van der Waals surface area contributed by atoms with Gasteiger partial charge in [-0.05, 0) is 36.8 Å². The molecule has 0 amide bonds. The molecular weight excluding hydrogens is 254 g/mol. The van der Waals surface area contributed by atoms with Crippen LogP contribution in [0.5, 0.6) is 11.5 Å². The van der Waals surface area contributed by atoms with Crippen molar-refractivity contribution in [3.8, 4) is 11.5 Å². The number of ether oxygens (including phenoxy) is 1. The van der Waals surface area contributed by atoms with Gasteiger partial charge < -0.3 is 14.7 Å². The van der Waals surface area contributed by atoms with Gasteiger partial charge in [0.15, 0.2) is 0 Å². The van der Waals surface area contributed by atoms with E-state index in [1.165, 1.54) is 0 Å². The summed E-state index contributed by atoms with van der Waals surface area (Å²) in [4.78, 5) is 13.2. The van der Waals surface area contributed by atoms with E-state index in [1.807, 2.05) is 44.1 Å². The van der Waals surface area contributed by atoms with Gasteiger partial charge in [-0.3, -0.25) is 0 Å². The van der Waals surface area contributed by atoms with Gasteiger partial charge in [-0.1, -0.05) is 12.1 Å². The highest BCUT2D eigenvalue weighted by Gasteiger charge is 2.12. The Morgan fingerprint density at radius 2 is 1.90 bits per heavy atom. The highest BCUT2D eigenvalue weighted by molar-refractivity contribution is 5.91. The number of anilines is 1. The predicted octanol–water partition coefficient (Wildman–Crippen LogP) is 3.55. The molecule has 0 spiro atoms. The number of rotatable bonds is 4. The first-order valence-corrected chi connectivity index (χ1v) is 6.26. The summed E-state index contributed by atoms with van der Waals surface area (Å²) >= 11 is 0. The van der Waals surface area contributed by atoms with Crippen LogP contribution in [0.25, 0.3) is 0 Å². The van der Waals surface area contributed by atoms with Crippen LogP contribution in [-0.4, -0.2) is 25.2 Å². The smallest absolute Gasteiger partial charge is 0.339 e. The Morgan fingerprint density at radius 3 is 2.55 bits per heavy atom. The molecule has 104 valence electrons. The third-order valence-corrected chi connectivity index (χ3v) is 2.93. The molecule has 0 aliphatic rings. The molecule has 2 aromatic rings. The number of carbonyl (C=O) groups is 1. The van der Waals surface area contributed by atoms with Crippen LogP contribution in [0.3, 0.4) is 0 Å². The summed E-state index contributed by atoms with van der Waals surface area (Å²) in [5, 5.41) is 9.19. The molecule has 0 aliphatic carbocycles. The number of carboxylic acid groups (broad SMARTS) is 1. The summed E-state index contributed by atoms with van der Waals surface area (Å²) in [5.74, 6) is -0.0264. The molecular formula is C16H17NO3. The molecule has 2 aromatic carbocycles. The van der Waals surface area contributed by atoms with Crippen molar-refractivity contribution >= 4 is 11.7 Å². The molecule has 0 aliphatic heterocycles. The summed E-state index contributed by atoms with van der Waals surface area (Å²) in [6.45, 7) is 1.90. The molecule has 4 heteroatoms. The Hall–Kier alpha value is -2.49. The molecule has 20 heavy (non-hydrogen) atoms. The molecule has 0 atom stereocenters. The molecule has 0 unspecified atom stereocenters. The van der Waals surface area contributed by atoms with Crippen LogP contribution in [-0.2, 0) is 0 Å². The van der Waals surface area contributed by atoms with Crippen molar-refractivity contribution < 1.29 is 14.6 Å². The first kappa shape index (κ1) is 13.9. The lowest BCUT2D eigenvalue weighted by atomic mass is 10.1. The molecule has 2 rings (SSSR count). The van der Waals surface area contributed by atoms with Crippen LogP contribution in [0.15, 0.2) is 42.5 Å². The summed E-state index contributed by atoms with van der Waals surface area (Å²) in [6, 6.07) is 12.6. The van der Waals surface area contributed by atoms with Crippen LogP contribution in [0.2, 0.25) is 0 Å². The lowest BCUT2D eigenvalue weighted by Crippen LogP contribution is -2.08. The van der Waals surface area contributed by atoms with E-state index in [4.69, 9.17) is 4.74 Å². The SMILES string of the molecule is Cc1ccc(C(=O)O)c(Oc2cccc(N(C)C)c2)c1. The lowest BCUT2D eigenvalue weighted by molar-refractivity contribution is 0.0694. The number of hydrogen-bond acceptors (Lipinski definition) is 3. The minimum absolute atomic E-state index is 0.158. The van der Waals surface area contributed by atoms with Crippen molar-refractivity contribution in [1.82, 2.24) is 0 Å². The third-order valence-electron chi connectivity index (χ3n) is 2.93. The molecule has 0 saturated carbocycles. The number of aromatic carboxylic acids is 1. The number of benzene rings is 2. The van der Waals surface area contributed by atoms with Gasteiger partial charge in [0.25, 0.3) is 0 Å². The van der Waals surface area contributed by atoms with Crippen molar-refractivity contribution in [3.63, 3.8) is 0 Å². The molecule has 0 fully saturated rings. The van der Waals surface area contributed by atoms with Crippen molar-refractivity contribution in [3.05, 3.63) is 53.6 Å². The average molecular weight is 271 g/mol. The fourth-order valence-electron chi connectivity index (χ4n) is 1.84. The van der Waals surface area contributed by atoms with Crippen LogP contribution in [0.4, 0.5) is 5.69 Å². The maximum Gasteiger partial charge on any atom is 0.339 e. The van der Waals surface area contributed by atoms with Gasteiger partial charge in [0.1, 0.15) is 17.1 Å². The topological polar surface area (TPSA) is 49.8 Å². The minimum atomic E-state index is -0.997. The van der Waals surface area contributed by atoms with Crippen LogP contribution in [0.1, 0.15) is 15.9 Å². The molecule has 4 nitrogen and oxygen atoms in total. The van der Waals surface area contributed by atoms with Crippen molar-refractivity contribution in [2.75, 3.05) is 19.0 Å². The standard InChI is InChI=1S/C16H17NO3/c1-11-7-8-14(16(18)19)15(9-11)20-13-6-4-5-12(10-13)17(2)3/h4-10H,1-3H3,(H,18,19). The first-order valence-electron chi connectivity index (χ1n) is 6.26. The van der Waals surface area contributed by atoms with Gasteiger partial charge in [0, 0.05) is 25.8 Å². The van der Waals surface area contributed by atoms with Gasteiger partial charge >= 0.3 is 5.97 Å². The van der Waals surface area contributed by atoms with Crippen molar-refractivity contribution in [1.29, 1.82) is 0 Å². The largest absolute Gasteiger partial charge is 0.478 e. The zero-order valence-electron chi connectivity index (χ0n) is 11.8. The summed E-state index contributed by atoms with van der Waals surface area (Å²) < 4.78 is 5.73. The van der Waals surface area contributed by atoms with E-state index in [0.29, 0.717) is 11.5 Å². The van der Waals surface area contributed by atoms with Gasteiger partial charge in [0.05, 0.1) is 0 Å². The second kappa shape index (κ2) is 5.65. The Morgan fingerprint density at radius 1 is 1.15 bits per heavy atom. The van der Waals surface area contributed by atoms with Gasteiger partial charge in [-0.2, -0.15) is 0 Å². The maximum absolute atomic E-state index is 11.2. The fourth-order valence-corrected chi connectivity index (χ4v) is 1.84. The second-order valence-corrected chi connectivity index (χ2v) is 4.80. The molecule has 1 N–H and O–H groups in total. The van der Waals surface area contributed by atoms with E-state index in [-0.39, 0.29) is 5.56 Å². The fraction of sp³-hybridized carbons (Fsp3) is 0.188. The van der Waals surface area contributed by atoms with Gasteiger partial charge in [-0.15, -0.1) is 0 Å². The average Bonchev–Trinajstić information content (AvgIpc) is 2.38. The van der Waals surface area contributed by atoms with E-state index in [2.05, 4.69) is 0 Å². The van der Waals surface area contributed by atoms with Crippen molar-refractivity contribution in [2.45, 2.75) is 6.92 Å². The number of hydrogen-bond donors (Lipinski definition) is 1. The van der Waals surface area contributed by atoms with E-state index in [1.54, 1.807) is 24.3 Å². The third kappa shape index (κ3) is 3.09. The molecule has 0 bridgehead atoms. The number of carboxylic acids is 1.